The molecule has 0 aliphatic carbocycles. The minimum absolute atomic E-state index is 0.0350. The van der Waals surface area contributed by atoms with Crippen LogP contribution in [0.2, 0.25) is 0 Å². The second kappa shape index (κ2) is 5.18. The molecule has 1 rings (SSSR count). The van der Waals surface area contributed by atoms with Gasteiger partial charge in [-0.3, -0.25) is 0 Å². The maximum absolute atomic E-state index is 3.94. The average molecular weight is 226 g/mol. The van der Waals surface area contributed by atoms with E-state index in [0.29, 0.717) is 0 Å². The van der Waals surface area contributed by atoms with E-state index < -0.39 is 0 Å². The van der Waals surface area contributed by atoms with Crippen molar-refractivity contribution in [2.24, 2.45) is 0 Å². The van der Waals surface area contributed by atoms with Crippen LogP contribution in [-0.2, 0) is 5.41 Å². The van der Waals surface area contributed by atoms with Gasteiger partial charge in [0.1, 0.15) is 0 Å². The summed E-state index contributed by atoms with van der Waals surface area (Å²) >= 11 is 0. The Bertz CT molecular complexity index is 459. The molecule has 0 atom stereocenters. The van der Waals surface area contributed by atoms with Crippen LogP contribution in [0.1, 0.15) is 31.9 Å². The molecule has 0 heteroatoms. The number of benzene rings is 1. The predicted molar refractivity (Wildman–Crippen MR) is 77.3 cm³/mol. The summed E-state index contributed by atoms with van der Waals surface area (Å²) < 4.78 is 0. The molecule has 0 saturated carbocycles. The smallest absolute Gasteiger partial charge is 0.0146 e. The summed E-state index contributed by atoms with van der Waals surface area (Å²) in [6, 6.07) is 8.63. The van der Waals surface area contributed by atoms with E-state index in [1.54, 1.807) is 0 Å². The van der Waals surface area contributed by atoms with Crippen LogP contribution in [0, 0.1) is 6.92 Å². The molecule has 0 N–H and O–H groups in total. The summed E-state index contributed by atoms with van der Waals surface area (Å²) in [6.45, 7) is 16.4. The Kier molecular flexibility index (Phi) is 4.11. The van der Waals surface area contributed by atoms with Crippen molar-refractivity contribution in [2.45, 2.75) is 33.1 Å². The SMILES string of the molecule is C=C/C(=C\C(=C)C)C(C)(C)c1cccc(C)c1. The first-order valence-electron chi connectivity index (χ1n) is 5.95. The van der Waals surface area contributed by atoms with E-state index in [9.17, 15) is 0 Å². The van der Waals surface area contributed by atoms with Crippen LogP contribution in [-0.4, -0.2) is 0 Å². The first-order chi connectivity index (χ1) is 7.87. The standard InChI is InChI=1S/C17H22/c1-7-15(11-13(2)3)17(5,6)16-10-8-9-14(4)12-16/h7-12H,1-2H2,3-6H3/b15-11+. The van der Waals surface area contributed by atoms with Gasteiger partial charge in [-0.2, -0.15) is 0 Å². The lowest BCUT2D eigenvalue weighted by Gasteiger charge is -2.27. The molecule has 0 saturated heterocycles. The van der Waals surface area contributed by atoms with Gasteiger partial charge in [-0.25, -0.2) is 0 Å². The van der Waals surface area contributed by atoms with Gasteiger partial charge < -0.3 is 0 Å². The summed E-state index contributed by atoms with van der Waals surface area (Å²) in [7, 11) is 0. The highest BCUT2D eigenvalue weighted by Crippen LogP contribution is 2.33. The van der Waals surface area contributed by atoms with Crippen LogP contribution < -0.4 is 0 Å². The lowest BCUT2D eigenvalue weighted by atomic mass is 9.76. The van der Waals surface area contributed by atoms with Gasteiger partial charge in [0.2, 0.25) is 0 Å². The number of hydrogen-bond donors (Lipinski definition) is 0. The van der Waals surface area contributed by atoms with Gasteiger partial charge in [-0.05, 0) is 25.0 Å². The van der Waals surface area contributed by atoms with Crippen molar-refractivity contribution in [3.63, 3.8) is 0 Å². The van der Waals surface area contributed by atoms with Crippen LogP contribution in [0.25, 0.3) is 0 Å². The van der Waals surface area contributed by atoms with E-state index in [4.69, 9.17) is 0 Å². The van der Waals surface area contributed by atoms with Crippen LogP contribution in [0.5, 0.6) is 0 Å². The van der Waals surface area contributed by atoms with Gasteiger partial charge in [-0.1, -0.05) is 74.6 Å². The molecule has 0 aromatic heterocycles. The molecule has 1 aromatic rings. The Hall–Kier alpha value is -1.56. The zero-order valence-electron chi connectivity index (χ0n) is 11.4. The summed E-state index contributed by atoms with van der Waals surface area (Å²) in [5.41, 5.74) is 4.82. The third-order valence-electron chi connectivity index (χ3n) is 3.08. The first-order valence-corrected chi connectivity index (χ1v) is 5.95. The molecule has 0 aliphatic rings. The Balaban J connectivity index is 3.26. The van der Waals surface area contributed by atoms with Gasteiger partial charge in [0, 0.05) is 5.41 Å². The monoisotopic (exact) mass is 226 g/mol. The normalized spacial score (nSPS) is 12.4. The van der Waals surface area contributed by atoms with Gasteiger partial charge >= 0.3 is 0 Å². The number of hydrogen-bond acceptors (Lipinski definition) is 0. The third kappa shape index (κ3) is 3.20. The molecule has 0 nitrogen and oxygen atoms in total. The highest BCUT2D eigenvalue weighted by molar-refractivity contribution is 5.43. The van der Waals surface area contributed by atoms with Crippen molar-refractivity contribution in [1.29, 1.82) is 0 Å². The lowest BCUT2D eigenvalue weighted by molar-refractivity contribution is 0.638. The predicted octanol–water partition coefficient (Wildman–Crippen LogP) is 4.96. The van der Waals surface area contributed by atoms with Crippen molar-refractivity contribution in [2.75, 3.05) is 0 Å². The number of rotatable bonds is 4. The summed E-state index contributed by atoms with van der Waals surface area (Å²) in [5, 5.41) is 0. The second-order valence-corrected chi connectivity index (χ2v) is 5.14. The van der Waals surface area contributed by atoms with Gasteiger partial charge in [0.25, 0.3) is 0 Å². The van der Waals surface area contributed by atoms with Crippen LogP contribution >= 0.6 is 0 Å². The lowest BCUT2D eigenvalue weighted by Crippen LogP contribution is -2.19. The fourth-order valence-electron chi connectivity index (χ4n) is 1.96. The fraction of sp³-hybridized carbons (Fsp3) is 0.294. The topological polar surface area (TPSA) is 0 Å². The maximum Gasteiger partial charge on any atom is 0.0146 e. The Morgan fingerprint density at radius 3 is 2.41 bits per heavy atom. The molecule has 0 heterocycles. The summed E-state index contributed by atoms with van der Waals surface area (Å²) in [5.74, 6) is 0. The molecule has 0 amide bonds. The molecule has 0 spiro atoms. The summed E-state index contributed by atoms with van der Waals surface area (Å²) in [4.78, 5) is 0. The second-order valence-electron chi connectivity index (χ2n) is 5.14. The van der Waals surface area contributed by atoms with Crippen molar-refractivity contribution >= 4 is 0 Å². The third-order valence-corrected chi connectivity index (χ3v) is 3.08. The Labute approximate surface area is 105 Å². The fourth-order valence-corrected chi connectivity index (χ4v) is 1.96. The molecule has 0 radical (unpaired) electrons. The van der Waals surface area contributed by atoms with Crippen molar-refractivity contribution in [1.82, 2.24) is 0 Å². The van der Waals surface area contributed by atoms with Gasteiger partial charge in [-0.15, -0.1) is 0 Å². The molecular formula is C17H22. The van der Waals surface area contributed by atoms with Crippen molar-refractivity contribution in [3.05, 3.63) is 71.8 Å². The maximum atomic E-state index is 3.94. The quantitative estimate of drug-likeness (QED) is 0.636. The highest BCUT2D eigenvalue weighted by Gasteiger charge is 2.23. The van der Waals surface area contributed by atoms with Crippen LogP contribution in [0.4, 0.5) is 0 Å². The minimum Gasteiger partial charge on any atom is -0.0988 e. The molecule has 1 aromatic carbocycles. The Morgan fingerprint density at radius 1 is 1.29 bits per heavy atom. The van der Waals surface area contributed by atoms with Crippen LogP contribution in [0.15, 0.2) is 60.7 Å². The van der Waals surface area contributed by atoms with E-state index >= 15 is 0 Å². The number of allylic oxidation sites excluding steroid dienone is 4. The molecule has 0 aliphatic heterocycles. The zero-order chi connectivity index (χ0) is 13.1. The zero-order valence-corrected chi connectivity index (χ0v) is 11.4. The van der Waals surface area contributed by atoms with E-state index in [2.05, 4.69) is 64.3 Å². The largest absolute Gasteiger partial charge is 0.0988 e. The Morgan fingerprint density at radius 2 is 1.94 bits per heavy atom. The average Bonchev–Trinajstić information content (AvgIpc) is 2.25. The van der Waals surface area contributed by atoms with Gasteiger partial charge in [0.15, 0.2) is 0 Å². The van der Waals surface area contributed by atoms with Gasteiger partial charge in [0.05, 0.1) is 0 Å². The molecule has 90 valence electrons. The first kappa shape index (κ1) is 13.5. The summed E-state index contributed by atoms with van der Waals surface area (Å²) in [6.07, 6.45) is 4.03. The highest BCUT2D eigenvalue weighted by atomic mass is 14.3. The molecular weight excluding hydrogens is 204 g/mol. The molecule has 17 heavy (non-hydrogen) atoms. The van der Waals surface area contributed by atoms with E-state index in [0.717, 1.165) is 5.57 Å². The molecule has 0 unspecified atom stereocenters. The van der Waals surface area contributed by atoms with E-state index in [1.165, 1.54) is 16.7 Å². The molecule has 0 fully saturated rings. The van der Waals surface area contributed by atoms with E-state index in [-0.39, 0.29) is 5.41 Å². The van der Waals surface area contributed by atoms with Crippen LogP contribution in [0.3, 0.4) is 0 Å². The van der Waals surface area contributed by atoms with Crippen molar-refractivity contribution < 1.29 is 0 Å². The minimum atomic E-state index is -0.0350. The van der Waals surface area contributed by atoms with Crippen molar-refractivity contribution in [3.8, 4) is 0 Å². The van der Waals surface area contributed by atoms with E-state index in [1.807, 2.05) is 13.0 Å². The molecule has 0 bridgehead atoms. The number of aryl methyl sites for hydroxylation is 1.